The minimum absolute atomic E-state index is 0.0110. The van der Waals surface area contributed by atoms with E-state index in [1.165, 1.54) is 0 Å². The summed E-state index contributed by atoms with van der Waals surface area (Å²) in [5.74, 6) is -1.99. The molecule has 0 aliphatic carbocycles. The average Bonchev–Trinajstić information content (AvgIpc) is 2.27. The SMILES string of the molecule is CCC(C)(CBr)NC(=O)c1cc(F)cc(F)c1. The lowest BCUT2D eigenvalue weighted by atomic mass is 10.0. The summed E-state index contributed by atoms with van der Waals surface area (Å²) in [5.41, 5.74) is -0.442. The second kappa shape index (κ2) is 5.58. The van der Waals surface area contributed by atoms with Crippen molar-refractivity contribution in [3.8, 4) is 0 Å². The Balaban J connectivity index is 2.90. The van der Waals surface area contributed by atoms with Crippen LogP contribution in [0, 0.1) is 11.6 Å². The van der Waals surface area contributed by atoms with Gasteiger partial charge in [-0.25, -0.2) is 8.78 Å². The summed E-state index contributed by atoms with van der Waals surface area (Å²) in [6, 6.07) is 2.77. The standard InChI is InChI=1S/C12H14BrF2NO/c1-3-12(2,7-13)16-11(17)8-4-9(14)6-10(15)5-8/h4-6H,3,7H2,1-2H3,(H,16,17). The highest BCUT2D eigenvalue weighted by Gasteiger charge is 2.23. The van der Waals surface area contributed by atoms with Gasteiger partial charge < -0.3 is 5.32 Å². The van der Waals surface area contributed by atoms with Gasteiger partial charge in [-0.05, 0) is 25.5 Å². The Kier molecular flexibility index (Phi) is 4.62. The van der Waals surface area contributed by atoms with Crippen LogP contribution in [0.25, 0.3) is 0 Å². The number of hydrogen-bond acceptors (Lipinski definition) is 1. The molecule has 1 aromatic carbocycles. The second-order valence-corrected chi connectivity index (χ2v) is 4.72. The van der Waals surface area contributed by atoms with E-state index in [4.69, 9.17) is 0 Å². The van der Waals surface area contributed by atoms with Crippen molar-refractivity contribution in [2.24, 2.45) is 0 Å². The molecule has 0 saturated heterocycles. The van der Waals surface area contributed by atoms with Gasteiger partial charge in [0, 0.05) is 22.5 Å². The first kappa shape index (κ1) is 14.1. The highest BCUT2D eigenvalue weighted by molar-refractivity contribution is 9.09. The van der Waals surface area contributed by atoms with Crippen molar-refractivity contribution in [3.63, 3.8) is 0 Å². The van der Waals surface area contributed by atoms with Crippen LogP contribution in [-0.2, 0) is 0 Å². The van der Waals surface area contributed by atoms with Crippen molar-refractivity contribution in [1.29, 1.82) is 0 Å². The second-order valence-electron chi connectivity index (χ2n) is 4.16. The van der Waals surface area contributed by atoms with Gasteiger partial charge in [-0.2, -0.15) is 0 Å². The fourth-order valence-electron chi connectivity index (χ4n) is 1.25. The number of hydrogen-bond donors (Lipinski definition) is 1. The monoisotopic (exact) mass is 305 g/mol. The molecule has 0 aliphatic rings. The van der Waals surface area contributed by atoms with Gasteiger partial charge >= 0.3 is 0 Å². The Labute approximate surface area is 108 Å². The molecule has 1 unspecified atom stereocenters. The van der Waals surface area contributed by atoms with Crippen molar-refractivity contribution in [2.45, 2.75) is 25.8 Å². The van der Waals surface area contributed by atoms with E-state index < -0.39 is 23.1 Å². The zero-order chi connectivity index (χ0) is 13.1. The van der Waals surface area contributed by atoms with Gasteiger partial charge in [0.05, 0.1) is 0 Å². The Hall–Kier alpha value is -0.970. The van der Waals surface area contributed by atoms with Gasteiger partial charge in [-0.15, -0.1) is 0 Å². The summed E-state index contributed by atoms with van der Waals surface area (Å²) in [4.78, 5) is 11.8. The number of alkyl halides is 1. The molecule has 5 heteroatoms. The molecule has 1 aromatic rings. The summed E-state index contributed by atoms with van der Waals surface area (Å²) >= 11 is 3.30. The van der Waals surface area contributed by atoms with E-state index in [-0.39, 0.29) is 5.56 Å². The van der Waals surface area contributed by atoms with E-state index in [0.717, 1.165) is 18.2 Å². The molecule has 1 amide bonds. The Bertz CT molecular complexity index is 399. The Morgan fingerprint density at radius 2 is 1.88 bits per heavy atom. The minimum Gasteiger partial charge on any atom is -0.346 e. The predicted molar refractivity (Wildman–Crippen MR) is 66.3 cm³/mol. The molecule has 1 rings (SSSR count). The third-order valence-corrected chi connectivity index (χ3v) is 3.85. The molecule has 0 bridgehead atoms. The molecule has 0 fully saturated rings. The number of carbonyl (C=O) groups excluding carboxylic acids is 1. The molecule has 17 heavy (non-hydrogen) atoms. The van der Waals surface area contributed by atoms with E-state index >= 15 is 0 Å². The lowest BCUT2D eigenvalue weighted by molar-refractivity contribution is 0.0912. The zero-order valence-electron chi connectivity index (χ0n) is 9.69. The normalized spacial score (nSPS) is 14.2. The number of halogens is 3. The molecule has 0 aliphatic heterocycles. The van der Waals surface area contributed by atoms with Gasteiger partial charge in [-0.1, -0.05) is 22.9 Å². The van der Waals surface area contributed by atoms with Gasteiger partial charge in [0.25, 0.3) is 5.91 Å². The maximum Gasteiger partial charge on any atom is 0.251 e. The molecule has 0 heterocycles. The van der Waals surface area contributed by atoms with E-state index in [1.807, 2.05) is 13.8 Å². The van der Waals surface area contributed by atoms with E-state index in [1.54, 1.807) is 0 Å². The van der Waals surface area contributed by atoms with Crippen LogP contribution < -0.4 is 5.32 Å². The summed E-state index contributed by atoms with van der Waals surface area (Å²) in [7, 11) is 0. The summed E-state index contributed by atoms with van der Waals surface area (Å²) in [6.07, 6.45) is 0.710. The molecule has 0 radical (unpaired) electrons. The van der Waals surface area contributed by atoms with Gasteiger partial charge in [0.2, 0.25) is 0 Å². The first-order valence-electron chi connectivity index (χ1n) is 5.25. The molecule has 2 nitrogen and oxygen atoms in total. The summed E-state index contributed by atoms with van der Waals surface area (Å²) in [6.45, 7) is 3.78. The Morgan fingerprint density at radius 3 is 2.29 bits per heavy atom. The molecule has 0 aromatic heterocycles. The smallest absolute Gasteiger partial charge is 0.251 e. The van der Waals surface area contributed by atoms with Crippen LogP contribution in [0.5, 0.6) is 0 Å². The molecule has 0 saturated carbocycles. The van der Waals surface area contributed by atoms with E-state index in [2.05, 4.69) is 21.2 Å². The highest BCUT2D eigenvalue weighted by atomic mass is 79.9. The Morgan fingerprint density at radius 1 is 1.35 bits per heavy atom. The maximum absolute atomic E-state index is 13.0. The molecule has 0 spiro atoms. The van der Waals surface area contributed by atoms with Crippen LogP contribution in [0.4, 0.5) is 8.78 Å². The molecule has 1 N–H and O–H groups in total. The van der Waals surface area contributed by atoms with Crippen molar-refractivity contribution < 1.29 is 13.6 Å². The number of rotatable bonds is 4. The van der Waals surface area contributed by atoms with Crippen molar-refractivity contribution in [2.75, 3.05) is 5.33 Å². The summed E-state index contributed by atoms with van der Waals surface area (Å²) in [5, 5.41) is 3.31. The molecule has 94 valence electrons. The topological polar surface area (TPSA) is 29.1 Å². The van der Waals surface area contributed by atoms with Gasteiger partial charge in [-0.3, -0.25) is 4.79 Å². The van der Waals surface area contributed by atoms with Crippen molar-refractivity contribution >= 4 is 21.8 Å². The number of carbonyl (C=O) groups is 1. The van der Waals surface area contributed by atoms with Gasteiger partial charge in [0.15, 0.2) is 0 Å². The molecular formula is C12H14BrF2NO. The van der Waals surface area contributed by atoms with Crippen LogP contribution in [0.2, 0.25) is 0 Å². The fraction of sp³-hybridized carbons (Fsp3) is 0.417. The van der Waals surface area contributed by atoms with Crippen LogP contribution in [0.1, 0.15) is 30.6 Å². The third-order valence-electron chi connectivity index (χ3n) is 2.62. The fourth-order valence-corrected chi connectivity index (χ4v) is 1.78. The third kappa shape index (κ3) is 3.77. The number of nitrogens with one attached hydrogen (secondary N) is 1. The molecule has 1 atom stereocenters. The number of benzene rings is 1. The van der Waals surface area contributed by atoms with Crippen molar-refractivity contribution in [1.82, 2.24) is 5.32 Å². The van der Waals surface area contributed by atoms with Crippen LogP contribution in [0.3, 0.4) is 0 Å². The van der Waals surface area contributed by atoms with E-state index in [9.17, 15) is 13.6 Å². The van der Waals surface area contributed by atoms with Crippen LogP contribution in [0.15, 0.2) is 18.2 Å². The van der Waals surface area contributed by atoms with E-state index in [0.29, 0.717) is 11.8 Å². The molecular weight excluding hydrogens is 292 g/mol. The quantitative estimate of drug-likeness (QED) is 0.850. The lowest BCUT2D eigenvalue weighted by Crippen LogP contribution is -2.47. The highest BCUT2D eigenvalue weighted by Crippen LogP contribution is 2.15. The predicted octanol–water partition coefficient (Wildman–Crippen LogP) is 3.26. The first-order valence-corrected chi connectivity index (χ1v) is 6.37. The summed E-state index contributed by atoms with van der Waals surface area (Å²) < 4.78 is 25.9. The van der Waals surface area contributed by atoms with Crippen LogP contribution >= 0.6 is 15.9 Å². The zero-order valence-corrected chi connectivity index (χ0v) is 11.3. The van der Waals surface area contributed by atoms with Crippen LogP contribution in [-0.4, -0.2) is 16.8 Å². The lowest BCUT2D eigenvalue weighted by Gasteiger charge is -2.27. The first-order chi connectivity index (χ1) is 7.90. The average molecular weight is 306 g/mol. The number of amides is 1. The van der Waals surface area contributed by atoms with Crippen molar-refractivity contribution in [3.05, 3.63) is 35.4 Å². The minimum atomic E-state index is -0.757. The largest absolute Gasteiger partial charge is 0.346 e. The maximum atomic E-state index is 13.0. The van der Waals surface area contributed by atoms with Gasteiger partial charge in [0.1, 0.15) is 11.6 Å².